The highest BCUT2D eigenvalue weighted by molar-refractivity contribution is 7.89. The fraction of sp³-hybridized carbons (Fsp3) is 0.680. The van der Waals surface area contributed by atoms with Crippen molar-refractivity contribution in [3.05, 3.63) is 23.8 Å². The van der Waals surface area contributed by atoms with Crippen LogP contribution >= 0.6 is 0 Å². The molecule has 2 heterocycles. The number of sulfonamides is 1. The number of likely N-dealkylation sites (N-methyl/N-ethyl adjacent to an activating group) is 1. The van der Waals surface area contributed by atoms with E-state index in [1.165, 1.54) is 10.4 Å². The molecule has 0 unspecified atom stereocenters. The summed E-state index contributed by atoms with van der Waals surface area (Å²) in [6.07, 6.45) is 1.03. The summed E-state index contributed by atoms with van der Waals surface area (Å²) in [5.41, 5.74) is 0.569. The van der Waals surface area contributed by atoms with Crippen LogP contribution in [-0.4, -0.2) is 92.6 Å². The average Bonchev–Trinajstić information content (AvgIpc) is 2.80. The predicted octanol–water partition coefficient (Wildman–Crippen LogP) is 1.55. The zero-order valence-electron chi connectivity index (χ0n) is 20.6. The van der Waals surface area contributed by atoms with Gasteiger partial charge in [0.2, 0.25) is 10.0 Å². The smallest absolute Gasteiger partial charge is 0.247 e. The lowest BCUT2D eigenvalue weighted by atomic mass is 9.98. The Morgan fingerprint density at radius 2 is 1.94 bits per heavy atom. The first-order valence-corrected chi connectivity index (χ1v) is 13.4. The molecule has 4 atom stereocenters. The number of nitrogens with zero attached hydrogens (tertiary/aromatic N) is 2. The molecule has 2 aliphatic heterocycles. The maximum atomic E-state index is 13.5. The molecular formula is C25H38N2O6S. The van der Waals surface area contributed by atoms with E-state index in [0.717, 1.165) is 32.6 Å². The van der Waals surface area contributed by atoms with Gasteiger partial charge in [-0.15, -0.1) is 0 Å². The van der Waals surface area contributed by atoms with Gasteiger partial charge in [0.05, 0.1) is 6.61 Å². The van der Waals surface area contributed by atoms with Gasteiger partial charge in [0, 0.05) is 50.4 Å². The van der Waals surface area contributed by atoms with Gasteiger partial charge in [-0.2, -0.15) is 4.31 Å². The lowest BCUT2D eigenvalue weighted by Gasteiger charge is -2.38. The van der Waals surface area contributed by atoms with Crippen LogP contribution in [0.15, 0.2) is 23.1 Å². The zero-order valence-corrected chi connectivity index (χ0v) is 21.4. The van der Waals surface area contributed by atoms with E-state index < -0.39 is 22.2 Å². The molecule has 1 saturated heterocycles. The number of fused-ring (bicyclic) bond motifs is 1. The maximum Gasteiger partial charge on any atom is 0.247 e. The van der Waals surface area contributed by atoms with E-state index in [2.05, 4.69) is 23.8 Å². The highest BCUT2D eigenvalue weighted by atomic mass is 32.2. The van der Waals surface area contributed by atoms with Crippen molar-refractivity contribution in [2.24, 2.45) is 11.8 Å². The predicted molar refractivity (Wildman–Crippen MR) is 130 cm³/mol. The van der Waals surface area contributed by atoms with E-state index in [0.29, 0.717) is 18.0 Å². The standard InChI is InChI=1S/C25H38N2O6S/c1-18-14-27(19(2)17-28)34(30,31)25-8-7-21(6-5-20(3)29)13-23(25)33-24(18)16-26(4)15-22-9-11-32-12-10-22/h7-8,13,18-20,22,24,28-29H,9-12,14-17H2,1-4H3/t18-,19+,20+,24+/m1/s1. The van der Waals surface area contributed by atoms with Gasteiger partial charge in [-0.3, -0.25) is 0 Å². The summed E-state index contributed by atoms with van der Waals surface area (Å²) in [7, 11) is -1.82. The first kappa shape index (κ1) is 26.9. The minimum absolute atomic E-state index is 0.0689. The highest BCUT2D eigenvalue weighted by Crippen LogP contribution is 2.34. The number of hydrogen-bond donors (Lipinski definition) is 2. The summed E-state index contributed by atoms with van der Waals surface area (Å²) in [6.45, 7) is 8.41. The van der Waals surface area contributed by atoms with Crippen LogP contribution < -0.4 is 4.74 Å². The lowest BCUT2D eigenvalue weighted by Crippen LogP contribution is -2.50. The highest BCUT2D eigenvalue weighted by Gasteiger charge is 2.38. The van der Waals surface area contributed by atoms with Gasteiger partial charge in [0.1, 0.15) is 22.9 Å². The Balaban J connectivity index is 1.94. The summed E-state index contributed by atoms with van der Waals surface area (Å²) >= 11 is 0. The minimum atomic E-state index is -3.89. The molecule has 3 rings (SSSR count). The fourth-order valence-corrected chi connectivity index (χ4v) is 6.29. The van der Waals surface area contributed by atoms with Crippen molar-refractivity contribution in [2.45, 2.75) is 56.8 Å². The third-order valence-corrected chi connectivity index (χ3v) is 8.51. The summed E-state index contributed by atoms with van der Waals surface area (Å²) < 4.78 is 40.3. The molecule has 0 aromatic heterocycles. The molecule has 0 saturated carbocycles. The number of ether oxygens (including phenoxy) is 2. The van der Waals surface area contributed by atoms with Crippen LogP contribution in [-0.2, 0) is 14.8 Å². The van der Waals surface area contributed by atoms with Crippen LogP contribution in [0.3, 0.4) is 0 Å². The lowest BCUT2D eigenvalue weighted by molar-refractivity contribution is 0.0402. The van der Waals surface area contributed by atoms with Gasteiger partial charge < -0.3 is 24.6 Å². The van der Waals surface area contributed by atoms with E-state index in [-0.39, 0.29) is 35.8 Å². The molecule has 1 aromatic carbocycles. The van der Waals surface area contributed by atoms with Crippen LogP contribution in [0.25, 0.3) is 0 Å². The number of hydrogen-bond acceptors (Lipinski definition) is 7. The van der Waals surface area contributed by atoms with Crippen molar-refractivity contribution in [2.75, 3.05) is 46.5 Å². The number of aliphatic hydroxyl groups excluding tert-OH is 2. The monoisotopic (exact) mass is 494 g/mol. The molecule has 2 aliphatic rings. The van der Waals surface area contributed by atoms with Crippen molar-refractivity contribution >= 4 is 10.0 Å². The molecule has 2 N–H and O–H groups in total. The Bertz CT molecular complexity index is 981. The Morgan fingerprint density at radius 1 is 1.24 bits per heavy atom. The molecule has 0 bridgehead atoms. The average molecular weight is 495 g/mol. The molecule has 1 fully saturated rings. The second-order valence-corrected chi connectivity index (χ2v) is 11.5. The maximum absolute atomic E-state index is 13.5. The molecule has 0 aliphatic carbocycles. The molecule has 1 aromatic rings. The van der Waals surface area contributed by atoms with Crippen molar-refractivity contribution in [3.63, 3.8) is 0 Å². The van der Waals surface area contributed by atoms with Crippen LogP contribution in [0, 0.1) is 23.7 Å². The molecule has 0 spiro atoms. The van der Waals surface area contributed by atoms with Gasteiger partial charge in [-0.05, 0) is 57.9 Å². The van der Waals surface area contributed by atoms with E-state index in [1.54, 1.807) is 26.0 Å². The molecule has 34 heavy (non-hydrogen) atoms. The van der Waals surface area contributed by atoms with Gasteiger partial charge in [0.25, 0.3) is 0 Å². The van der Waals surface area contributed by atoms with E-state index in [1.807, 2.05) is 6.92 Å². The molecular weight excluding hydrogens is 456 g/mol. The van der Waals surface area contributed by atoms with Gasteiger partial charge in [0.15, 0.2) is 0 Å². The van der Waals surface area contributed by atoms with Crippen molar-refractivity contribution in [1.82, 2.24) is 9.21 Å². The Hall–Kier alpha value is -1.67. The topological polar surface area (TPSA) is 99.5 Å². The van der Waals surface area contributed by atoms with Crippen molar-refractivity contribution in [3.8, 4) is 17.6 Å². The first-order chi connectivity index (χ1) is 16.1. The second kappa shape index (κ2) is 11.8. The van der Waals surface area contributed by atoms with Gasteiger partial charge >= 0.3 is 0 Å². The Kier molecular flexibility index (Phi) is 9.38. The molecule has 0 amide bonds. The van der Waals surface area contributed by atoms with Crippen LogP contribution in [0.1, 0.15) is 39.2 Å². The normalized spacial score (nSPS) is 25.3. The number of benzene rings is 1. The van der Waals surface area contributed by atoms with E-state index >= 15 is 0 Å². The largest absolute Gasteiger partial charge is 0.487 e. The third-order valence-electron chi connectivity index (χ3n) is 6.49. The number of rotatable bonds is 6. The van der Waals surface area contributed by atoms with Gasteiger partial charge in [-0.1, -0.05) is 18.8 Å². The quantitative estimate of drug-likeness (QED) is 0.579. The summed E-state index contributed by atoms with van der Waals surface area (Å²) in [4.78, 5) is 2.32. The Morgan fingerprint density at radius 3 is 2.59 bits per heavy atom. The van der Waals surface area contributed by atoms with Crippen LogP contribution in [0.2, 0.25) is 0 Å². The summed E-state index contributed by atoms with van der Waals surface area (Å²) in [5, 5.41) is 19.3. The van der Waals surface area contributed by atoms with E-state index in [9.17, 15) is 18.6 Å². The Labute approximate surface area is 203 Å². The summed E-state index contributed by atoms with van der Waals surface area (Å²) in [6, 6.07) is 4.20. The molecule has 9 heteroatoms. The van der Waals surface area contributed by atoms with E-state index in [4.69, 9.17) is 9.47 Å². The second-order valence-electron chi connectivity index (χ2n) is 9.62. The molecule has 190 valence electrons. The third kappa shape index (κ3) is 6.72. The minimum Gasteiger partial charge on any atom is -0.487 e. The van der Waals surface area contributed by atoms with Crippen LogP contribution in [0.4, 0.5) is 0 Å². The fourth-order valence-electron chi connectivity index (χ4n) is 4.46. The van der Waals surface area contributed by atoms with Crippen molar-refractivity contribution in [1.29, 1.82) is 0 Å². The first-order valence-electron chi connectivity index (χ1n) is 12.0. The zero-order chi connectivity index (χ0) is 24.9. The van der Waals surface area contributed by atoms with Crippen LogP contribution in [0.5, 0.6) is 5.75 Å². The SMILES string of the molecule is C[C@H](O)C#Cc1ccc2c(c1)O[C@@H](CN(C)CC1CCOCC1)[C@H](C)CN([C@@H](C)CO)S2(=O)=O. The molecule has 0 radical (unpaired) electrons. The summed E-state index contributed by atoms with van der Waals surface area (Å²) in [5.74, 6) is 6.28. The van der Waals surface area contributed by atoms with Gasteiger partial charge in [-0.25, -0.2) is 8.42 Å². The number of aliphatic hydroxyl groups is 2. The molecule has 8 nitrogen and oxygen atoms in total. The van der Waals surface area contributed by atoms with Crippen molar-refractivity contribution < 1.29 is 28.1 Å².